The molecule has 126 valence electrons. The molecule has 0 aliphatic heterocycles. The largest absolute Gasteiger partial charge is 0.506 e. The van der Waals surface area contributed by atoms with Crippen molar-refractivity contribution in [1.29, 1.82) is 0 Å². The summed E-state index contributed by atoms with van der Waals surface area (Å²) in [6.07, 6.45) is 1.57. The number of nitrogens with one attached hydrogen (secondary N) is 1. The Balaban J connectivity index is 2.51. The van der Waals surface area contributed by atoms with E-state index in [1.807, 2.05) is 26.8 Å². The summed E-state index contributed by atoms with van der Waals surface area (Å²) in [5, 5.41) is 17.0. The molecule has 0 saturated carbocycles. The fourth-order valence-electron chi connectivity index (χ4n) is 1.94. The van der Waals surface area contributed by atoms with E-state index >= 15 is 0 Å². The Morgan fingerprint density at radius 3 is 2.62 bits per heavy atom. The van der Waals surface area contributed by atoms with Crippen LogP contribution in [0.3, 0.4) is 0 Å². The third-order valence-electron chi connectivity index (χ3n) is 2.88. The average molecular weight is 327 g/mol. The summed E-state index contributed by atoms with van der Waals surface area (Å²) in [6.45, 7) is 7.06. The van der Waals surface area contributed by atoms with Crippen LogP contribution in [-0.2, 0) is 9.63 Å². The number of hydrogen-bond donors (Lipinski definition) is 2. The van der Waals surface area contributed by atoms with Crippen molar-refractivity contribution in [2.24, 2.45) is 5.16 Å². The van der Waals surface area contributed by atoms with E-state index in [9.17, 15) is 9.90 Å². The number of carbonyl (C=O) groups excluding carboxylic acids is 1. The molecule has 0 radical (unpaired) electrons. The number of hydrogen-bond acceptors (Lipinski definition) is 5. The summed E-state index contributed by atoms with van der Waals surface area (Å²) >= 11 is 0. The molecule has 0 aliphatic rings. The number of carbonyl (C=O) groups is 1. The monoisotopic (exact) mass is 327 g/mol. The zero-order chi connectivity index (χ0) is 17.7. The smallest absolute Gasteiger partial charge is 0.221 e. The maximum Gasteiger partial charge on any atom is 0.221 e. The highest BCUT2D eigenvalue weighted by Crippen LogP contribution is 2.22. The predicted molar refractivity (Wildman–Crippen MR) is 93.1 cm³/mol. The molecule has 6 nitrogen and oxygen atoms in total. The lowest BCUT2D eigenvalue weighted by Crippen LogP contribution is -2.18. The molecule has 1 aromatic carbocycles. The van der Waals surface area contributed by atoms with Crippen molar-refractivity contribution in [2.45, 2.75) is 33.3 Å². The number of anilines is 1. The van der Waals surface area contributed by atoms with Gasteiger partial charge < -0.3 is 15.3 Å². The van der Waals surface area contributed by atoms with Crippen LogP contribution in [0, 0.1) is 0 Å². The third-order valence-corrected chi connectivity index (χ3v) is 2.88. The van der Waals surface area contributed by atoms with Gasteiger partial charge in [0.1, 0.15) is 22.8 Å². The first-order valence-corrected chi connectivity index (χ1v) is 7.55. The summed E-state index contributed by atoms with van der Waals surface area (Å²) < 4.78 is 0. The minimum absolute atomic E-state index is 0.00121. The van der Waals surface area contributed by atoms with Crippen molar-refractivity contribution >= 4 is 17.3 Å². The average Bonchev–Trinajstić information content (AvgIpc) is 2.48. The van der Waals surface area contributed by atoms with Crippen LogP contribution in [0.2, 0.25) is 0 Å². The van der Waals surface area contributed by atoms with Crippen LogP contribution in [0.15, 0.2) is 47.8 Å². The van der Waals surface area contributed by atoms with E-state index in [1.165, 1.54) is 13.0 Å². The Kier molecular flexibility index (Phi) is 5.18. The number of oxime groups is 1. The van der Waals surface area contributed by atoms with Crippen LogP contribution in [0.5, 0.6) is 5.75 Å². The van der Waals surface area contributed by atoms with Crippen molar-refractivity contribution in [3.8, 4) is 5.75 Å². The highest BCUT2D eigenvalue weighted by Gasteiger charge is 2.17. The second-order valence-electron chi connectivity index (χ2n) is 6.28. The van der Waals surface area contributed by atoms with Gasteiger partial charge in [0.25, 0.3) is 0 Å². The van der Waals surface area contributed by atoms with E-state index in [-0.39, 0.29) is 11.7 Å². The number of benzene rings is 1. The Hall–Kier alpha value is -2.89. The Morgan fingerprint density at radius 1 is 1.25 bits per heavy atom. The molecule has 2 rings (SSSR count). The number of aromatic hydroxyl groups is 1. The van der Waals surface area contributed by atoms with Crippen molar-refractivity contribution in [3.05, 3.63) is 53.9 Å². The van der Waals surface area contributed by atoms with E-state index in [0.717, 1.165) is 0 Å². The van der Waals surface area contributed by atoms with Crippen LogP contribution >= 0.6 is 0 Å². The standard InChI is InChI=1S/C18H21N3O3/c1-12(22)20-14-8-5-7-13(11-14)16(21-24-18(2,3)4)17-15(23)9-6-10-19-17/h5-11,23H,1-4H3,(H,20,22). The van der Waals surface area contributed by atoms with Gasteiger partial charge in [0.05, 0.1) is 0 Å². The summed E-state index contributed by atoms with van der Waals surface area (Å²) in [6, 6.07) is 10.3. The Labute approximate surface area is 141 Å². The summed E-state index contributed by atoms with van der Waals surface area (Å²) in [7, 11) is 0. The number of amides is 1. The minimum atomic E-state index is -0.495. The van der Waals surface area contributed by atoms with Crippen LogP contribution in [-0.4, -0.2) is 27.3 Å². The zero-order valence-electron chi connectivity index (χ0n) is 14.2. The number of rotatable bonds is 4. The van der Waals surface area contributed by atoms with Gasteiger partial charge in [-0.1, -0.05) is 17.3 Å². The van der Waals surface area contributed by atoms with Crippen molar-refractivity contribution < 1.29 is 14.7 Å². The first-order valence-electron chi connectivity index (χ1n) is 7.55. The Bertz CT molecular complexity index is 764. The molecule has 0 unspecified atom stereocenters. The molecule has 1 amide bonds. The van der Waals surface area contributed by atoms with E-state index in [0.29, 0.717) is 22.7 Å². The topological polar surface area (TPSA) is 83.8 Å². The van der Waals surface area contributed by atoms with Gasteiger partial charge in [0, 0.05) is 24.4 Å². The molecular weight excluding hydrogens is 306 g/mol. The molecular formula is C18H21N3O3. The molecule has 0 fully saturated rings. The van der Waals surface area contributed by atoms with E-state index in [2.05, 4.69) is 15.5 Å². The predicted octanol–water partition coefficient (Wildman–Crippen LogP) is 3.31. The summed E-state index contributed by atoms with van der Waals surface area (Å²) in [5.74, 6) is -0.170. The van der Waals surface area contributed by atoms with Gasteiger partial charge >= 0.3 is 0 Å². The summed E-state index contributed by atoms with van der Waals surface area (Å²) in [4.78, 5) is 21.0. The van der Waals surface area contributed by atoms with Crippen LogP contribution < -0.4 is 5.32 Å². The molecule has 0 aliphatic carbocycles. The van der Waals surface area contributed by atoms with Gasteiger partial charge in [0.2, 0.25) is 5.91 Å². The minimum Gasteiger partial charge on any atom is -0.506 e. The third kappa shape index (κ3) is 4.81. The van der Waals surface area contributed by atoms with Gasteiger partial charge in [-0.15, -0.1) is 0 Å². The highest BCUT2D eigenvalue weighted by molar-refractivity contribution is 6.13. The van der Waals surface area contributed by atoms with Gasteiger partial charge in [0.15, 0.2) is 0 Å². The quantitative estimate of drug-likeness (QED) is 0.666. The lowest BCUT2D eigenvalue weighted by Gasteiger charge is -2.17. The fourth-order valence-corrected chi connectivity index (χ4v) is 1.94. The van der Waals surface area contributed by atoms with E-state index in [1.54, 1.807) is 30.5 Å². The molecule has 24 heavy (non-hydrogen) atoms. The highest BCUT2D eigenvalue weighted by atomic mass is 16.6. The zero-order valence-corrected chi connectivity index (χ0v) is 14.2. The second kappa shape index (κ2) is 7.12. The molecule has 1 aromatic heterocycles. The van der Waals surface area contributed by atoms with Gasteiger partial charge in [-0.2, -0.15) is 0 Å². The molecule has 2 aromatic rings. The number of nitrogens with zero attached hydrogens (tertiary/aromatic N) is 2. The molecule has 0 spiro atoms. The van der Waals surface area contributed by atoms with Gasteiger partial charge in [-0.05, 0) is 45.0 Å². The van der Waals surface area contributed by atoms with Crippen molar-refractivity contribution in [1.82, 2.24) is 4.98 Å². The maximum absolute atomic E-state index is 11.3. The molecule has 1 heterocycles. The molecule has 0 saturated heterocycles. The van der Waals surface area contributed by atoms with Crippen LogP contribution in [0.1, 0.15) is 39.0 Å². The van der Waals surface area contributed by atoms with Gasteiger partial charge in [-0.3, -0.25) is 9.78 Å². The first kappa shape index (κ1) is 17.5. The SMILES string of the molecule is CC(=O)Nc1cccc(C(=NOC(C)(C)C)c2ncccc2O)c1. The molecule has 6 heteroatoms. The van der Waals surface area contributed by atoms with Crippen molar-refractivity contribution in [3.63, 3.8) is 0 Å². The second-order valence-corrected chi connectivity index (χ2v) is 6.28. The van der Waals surface area contributed by atoms with Crippen LogP contribution in [0.25, 0.3) is 0 Å². The molecule has 0 bridgehead atoms. The fraction of sp³-hybridized carbons (Fsp3) is 0.278. The number of aromatic nitrogens is 1. The normalized spacial score (nSPS) is 11.9. The van der Waals surface area contributed by atoms with Gasteiger partial charge in [-0.25, -0.2) is 0 Å². The summed E-state index contributed by atoms with van der Waals surface area (Å²) in [5.41, 5.74) is 1.49. The lowest BCUT2D eigenvalue weighted by molar-refractivity contribution is -0.114. The molecule has 0 atom stereocenters. The van der Waals surface area contributed by atoms with Crippen molar-refractivity contribution in [2.75, 3.05) is 5.32 Å². The van der Waals surface area contributed by atoms with E-state index in [4.69, 9.17) is 4.84 Å². The molecule has 2 N–H and O–H groups in total. The maximum atomic E-state index is 11.3. The lowest BCUT2D eigenvalue weighted by atomic mass is 10.1. The van der Waals surface area contributed by atoms with E-state index < -0.39 is 5.60 Å². The van der Waals surface area contributed by atoms with Crippen LogP contribution in [0.4, 0.5) is 5.69 Å². The Morgan fingerprint density at radius 2 is 2.00 bits per heavy atom. The number of pyridine rings is 1. The first-order chi connectivity index (χ1) is 11.3.